The highest BCUT2D eigenvalue weighted by molar-refractivity contribution is 5.95. The van der Waals surface area contributed by atoms with Gasteiger partial charge >= 0.3 is 0 Å². The van der Waals surface area contributed by atoms with E-state index in [2.05, 4.69) is 30.4 Å². The van der Waals surface area contributed by atoms with Crippen molar-refractivity contribution in [2.24, 2.45) is 5.92 Å². The van der Waals surface area contributed by atoms with E-state index in [0.717, 1.165) is 25.2 Å². The molecule has 0 aromatic heterocycles. The van der Waals surface area contributed by atoms with E-state index in [0.29, 0.717) is 12.5 Å². The van der Waals surface area contributed by atoms with E-state index in [-0.39, 0.29) is 5.91 Å². The van der Waals surface area contributed by atoms with Crippen LogP contribution in [0.5, 0.6) is 0 Å². The number of rotatable bonds is 3. The van der Waals surface area contributed by atoms with E-state index < -0.39 is 0 Å². The van der Waals surface area contributed by atoms with Crippen LogP contribution in [0.4, 0.5) is 5.69 Å². The van der Waals surface area contributed by atoms with Crippen molar-refractivity contribution >= 4 is 22.4 Å². The summed E-state index contributed by atoms with van der Waals surface area (Å²) in [5, 5.41) is 5.67. The van der Waals surface area contributed by atoms with Gasteiger partial charge in [-0.1, -0.05) is 43.3 Å². The van der Waals surface area contributed by atoms with Crippen molar-refractivity contribution in [3.8, 4) is 0 Å². The average molecular weight is 282 g/mol. The molecule has 3 nitrogen and oxygen atoms in total. The van der Waals surface area contributed by atoms with Crippen molar-refractivity contribution < 1.29 is 4.79 Å². The van der Waals surface area contributed by atoms with Crippen molar-refractivity contribution in [1.29, 1.82) is 0 Å². The molecule has 0 bridgehead atoms. The zero-order valence-corrected chi connectivity index (χ0v) is 12.5. The molecule has 0 radical (unpaired) electrons. The van der Waals surface area contributed by atoms with Crippen LogP contribution in [0.2, 0.25) is 0 Å². The minimum atomic E-state index is 0.203. The lowest BCUT2D eigenvalue weighted by Crippen LogP contribution is -2.41. The van der Waals surface area contributed by atoms with Crippen LogP contribution in [-0.2, 0) is 4.79 Å². The average Bonchev–Trinajstić information content (AvgIpc) is 2.52. The highest BCUT2D eigenvalue weighted by Gasteiger charge is 2.20. The lowest BCUT2D eigenvalue weighted by Gasteiger charge is -2.31. The normalized spacial score (nSPS) is 18.7. The number of anilines is 1. The highest BCUT2D eigenvalue weighted by Crippen LogP contribution is 2.23. The molecule has 1 heterocycles. The number of nitrogens with one attached hydrogen (secondary N) is 1. The summed E-state index contributed by atoms with van der Waals surface area (Å²) in [4.78, 5) is 14.3. The van der Waals surface area contributed by atoms with E-state index >= 15 is 0 Å². The van der Waals surface area contributed by atoms with Crippen LogP contribution in [0.15, 0.2) is 42.5 Å². The molecule has 0 aliphatic carbocycles. The zero-order valence-electron chi connectivity index (χ0n) is 12.5. The van der Waals surface area contributed by atoms with E-state index in [1.807, 2.05) is 29.2 Å². The molecule has 1 N–H and O–H groups in total. The minimum Gasteiger partial charge on any atom is -0.376 e. The fourth-order valence-corrected chi connectivity index (χ4v) is 3.08. The first kappa shape index (κ1) is 13.9. The molecule has 1 aliphatic heterocycles. The number of carbonyl (C=O) groups is 1. The van der Waals surface area contributed by atoms with E-state index in [4.69, 9.17) is 0 Å². The Morgan fingerprint density at radius 1 is 1.24 bits per heavy atom. The Bertz CT molecular complexity index is 633. The lowest BCUT2D eigenvalue weighted by atomic mass is 10.0. The summed E-state index contributed by atoms with van der Waals surface area (Å²) in [7, 11) is 0. The van der Waals surface area contributed by atoms with Gasteiger partial charge in [0.25, 0.3) is 0 Å². The third-order valence-corrected chi connectivity index (χ3v) is 4.23. The number of fused-ring (bicyclic) bond motifs is 1. The standard InChI is InChI=1S/C18H22N2O/c1-14-6-5-11-20(13-14)18(21)12-19-17-10-4-8-15-7-2-3-9-16(15)17/h2-4,7-10,14,19H,5-6,11-13H2,1H3/t14-/m0/s1. The molecule has 3 heteroatoms. The Balaban J connectivity index is 1.67. The Morgan fingerprint density at radius 3 is 2.90 bits per heavy atom. The maximum atomic E-state index is 12.3. The van der Waals surface area contributed by atoms with Gasteiger partial charge in [0.15, 0.2) is 0 Å². The van der Waals surface area contributed by atoms with Gasteiger partial charge in [0.05, 0.1) is 6.54 Å². The first-order chi connectivity index (χ1) is 10.2. The minimum absolute atomic E-state index is 0.203. The van der Waals surface area contributed by atoms with Gasteiger partial charge in [-0.3, -0.25) is 4.79 Å². The second kappa shape index (κ2) is 6.17. The van der Waals surface area contributed by atoms with Crippen LogP contribution in [-0.4, -0.2) is 30.4 Å². The van der Waals surface area contributed by atoms with E-state index in [9.17, 15) is 4.79 Å². The van der Waals surface area contributed by atoms with Gasteiger partial charge in [-0.05, 0) is 30.2 Å². The summed E-state index contributed by atoms with van der Waals surface area (Å²) in [6.45, 7) is 4.40. The summed E-state index contributed by atoms with van der Waals surface area (Å²) in [6, 6.07) is 14.4. The quantitative estimate of drug-likeness (QED) is 0.934. The molecule has 0 saturated carbocycles. The molecule has 1 saturated heterocycles. The molecule has 1 amide bonds. The molecule has 2 aromatic rings. The molecule has 0 spiro atoms. The lowest BCUT2D eigenvalue weighted by molar-refractivity contribution is -0.130. The molecule has 1 atom stereocenters. The van der Waals surface area contributed by atoms with Gasteiger partial charge < -0.3 is 10.2 Å². The SMILES string of the molecule is C[C@H]1CCCN(C(=O)CNc2cccc3ccccc23)C1. The summed E-state index contributed by atoms with van der Waals surface area (Å²) in [5.41, 5.74) is 1.03. The number of benzene rings is 2. The summed E-state index contributed by atoms with van der Waals surface area (Å²) in [5.74, 6) is 0.828. The zero-order chi connectivity index (χ0) is 14.7. The number of amides is 1. The summed E-state index contributed by atoms with van der Waals surface area (Å²) in [6.07, 6.45) is 2.36. The topological polar surface area (TPSA) is 32.3 Å². The van der Waals surface area contributed by atoms with Crippen molar-refractivity contribution in [1.82, 2.24) is 4.90 Å². The Labute approximate surface area is 125 Å². The number of hydrogen-bond acceptors (Lipinski definition) is 2. The third-order valence-electron chi connectivity index (χ3n) is 4.23. The van der Waals surface area contributed by atoms with Crippen LogP contribution in [0, 0.1) is 5.92 Å². The number of piperidine rings is 1. The van der Waals surface area contributed by atoms with Crippen LogP contribution in [0.3, 0.4) is 0 Å². The largest absolute Gasteiger partial charge is 0.376 e. The van der Waals surface area contributed by atoms with Gasteiger partial charge in [-0.25, -0.2) is 0 Å². The van der Waals surface area contributed by atoms with Gasteiger partial charge in [0.2, 0.25) is 5.91 Å². The number of carbonyl (C=O) groups excluding carboxylic acids is 1. The third kappa shape index (κ3) is 3.18. The van der Waals surface area contributed by atoms with Crippen LogP contribution in [0.25, 0.3) is 10.8 Å². The monoisotopic (exact) mass is 282 g/mol. The molecular weight excluding hydrogens is 260 g/mol. The first-order valence-electron chi connectivity index (χ1n) is 7.73. The Kier molecular flexibility index (Phi) is 4.09. The van der Waals surface area contributed by atoms with Crippen molar-refractivity contribution in [2.45, 2.75) is 19.8 Å². The van der Waals surface area contributed by atoms with E-state index in [1.165, 1.54) is 17.2 Å². The number of nitrogens with zero attached hydrogens (tertiary/aromatic N) is 1. The molecular formula is C18H22N2O. The van der Waals surface area contributed by atoms with Crippen molar-refractivity contribution in [3.05, 3.63) is 42.5 Å². The molecule has 3 rings (SSSR count). The number of likely N-dealkylation sites (tertiary alicyclic amines) is 1. The van der Waals surface area contributed by atoms with Crippen LogP contribution < -0.4 is 5.32 Å². The van der Waals surface area contributed by atoms with Crippen LogP contribution in [0.1, 0.15) is 19.8 Å². The van der Waals surface area contributed by atoms with Gasteiger partial charge in [-0.15, -0.1) is 0 Å². The fraction of sp³-hybridized carbons (Fsp3) is 0.389. The molecule has 110 valence electrons. The highest BCUT2D eigenvalue weighted by atomic mass is 16.2. The molecule has 1 aliphatic rings. The number of hydrogen-bond donors (Lipinski definition) is 1. The molecule has 1 fully saturated rings. The molecule has 2 aromatic carbocycles. The first-order valence-corrected chi connectivity index (χ1v) is 7.73. The fourth-order valence-electron chi connectivity index (χ4n) is 3.08. The van der Waals surface area contributed by atoms with Gasteiger partial charge in [0, 0.05) is 24.2 Å². The van der Waals surface area contributed by atoms with Crippen LogP contribution >= 0.6 is 0 Å². The van der Waals surface area contributed by atoms with E-state index in [1.54, 1.807) is 0 Å². The second-order valence-corrected chi connectivity index (χ2v) is 5.97. The smallest absolute Gasteiger partial charge is 0.241 e. The van der Waals surface area contributed by atoms with Gasteiger partial charge in [0.1, 0.15) is 0 Å². The second-order valence-electron chi connectivity index (χ2n) is 5.97. The Morgan fingerprint density at radius 2 is 2.05 bits per heavy atom. The van der Waals surface area contributed by atoms with Gasteiger partial charge in [-0.2, -0.15) is 0 Å². The van der Waals surface area contributed by atoms with Crippen molar-refractivity contribution in [2.75, 3.05) is 25.0 Å². The predicted octanol–water partition coefficient (Wildman–Crippen LogP) is 3.51. The maximum Gasteiger partial charge on any atom is 0.241 e. The maximum absolute atomic E-state index is 12.3. The predicted molar refractivity (Wildman–Crippen MR) is 87.4 cm³/mol. The Hall–Kier alpha value is -2.03. The summed E-state index contributed by atoms with van der Waals surface area (Å²) < 4.78 is 0. The molecule has 21 heavy (non-hydrogen) atoms. The summed E-state index contributed by atoms with van der Waals surface area (Å²) >= 11 is 0. The molecule has 0 unspecified atom stereocenters. The van der Waals surface area contributed by atoms with Crippen molar-refractivity contribution in [3.63, 3.8) is 0 Å².